The number of nitrogens with zero attached hydrogens (tertiary/aromatic N) is 1. The maximum Gasteiger partial charge on any atom is 0.0911 e. The normalized spacial score (nSPS) is 50.5. The molecule has 0 aliphatic heterocycles. The maximum absolute atomic E-state index is 9.15. The van der Waals surface area contributed by atoms with Gasteiger partial charge in [0.05, 0.1) is 6.07 Å². The molecule has 0 spiro atoms. The summed E-state index contributed by atoms with van der Waals surface area (Å²) in [5.74, 6) is 3.42. The van der Waals surface area contributed by atoms with Crippen molar-refractivity contribution in [2.45, 2.75) is 72.1 Å². The van der Waals surface area contributed by atoms with E-state index < -0.39 is 0 Å². The van der Waals surface area contributed by atoms with Gasteiger partial charge >= 0.3 is 0 Å². The van der Waals surface area contributed by atoms with Crippen LogP contribution in [-0.2, 0) is 0 Å². The summed E-state index contributed by atoms with van der Waals surface area (Å²) in [7, 11) is 0. The highest BCUT2D eigenvalue weighted by atomic mass is 14.6. The molecule has 6 atom stereocenters. The van der Waals surface area contributed by atoms with Gasteiger partial charge in [-0.2, -0.15) is 5.26 Å². The molecule has 4 rings (SSSR count). The van der Waals surface area contributed by atoms with Crippen LogP contribution in [-0.4, -0.2) is 0 Å². The Labute approximate surface area is 141 Å². The fourth-order valence-electron chi connectivity index (χ4n) is 7.06. The van der Waals surface area contributed by atoms with E-state index in [-0.39, 0.29) is 0 Å². The van der Waals surface area contributed by atoms with Crippen molar-refractivity contribution in [2.24, 2.45) is 34.5 Å². The molecule has 0 amide bonds. The average molecular weight is 309 g/mol. The lowest BCUT2D eigenvalue weighted by Gasteiger charge is -2.58. The largest absolute Gasteiger partial charge is 0.193 e. The SMILES string of the molecule is CC1C=C2CCC3C(CCC4(C)/C(=C\C#N)CCC34)C2(C)CC1. The fraction of sp³-hybridized carbons (Fsp3) is 0.773. The molecule has 4 aliphatic carbocycles. The number of hydrogen-bond donors (Lipinski definition) is 0. The molecule has 0 heterocycles. The monoisotopic (exact) mass is 309 g/mol. The zero-order chi connectivity index (χ0) is 16.2. The van der Waals surface area contributed by atoms with Gasteiger partial charge in [-0.3, -0.25) is 0 Å². The average Bonchev–Trinajstić information content (AvgIpc) is 2.85. The quantitative estimate of drug-likeness (QED) is 0.395. The first-order valence-electron chi connectivity index (χ1n) is 9.79. The van der Waals surface area contributed by atoms with Crippen LogP contribution in [0.15, 0.2) is 23.3 Å². The van der Waals surface area contributed by atoms with Crippen LogP contribution in [0.2, 0.25) is 0 Å². The Morgan fingerprint density at radius 3 is 2.57 bits per heavy atom. The summed E-state index contributed by atoms with van der Waals surface area (Å²) in [4.78, 5) is 0. The molecule has 0 saturated heterocycles. The van der Waals surface area contributed by atoms with Gasteiger partial charge in [-0.25, -0.2) is 0 Å². The van der Waals surface area contributed by atoms with Gasteiger partial charge in [-0.1, -0.05) is 38.0 Å². The second kappa shape index (κ2) is 5.23. The molecule has 0 N–H and O–H groups in total. The third-order valence-corrected chi connectivity index (χ3v) is 8.43. The first-order valence-corrected chi connectivity index (χ1v) is 9.79. The van der Waals surface area contributed by atoms with Crippen LogP contribution < -0.4 is 0 Å². The van der Waals surface area contributed by atoms with Gasteiger partial charge < -0.3 is 0 Å². The standard InChI is InChI=1S/C22H31N/c1-15-8-11-22(3)17(14-15)4-6-18-19-7-5-16(10-13-23)21(19,2)12-9-20(18)22/h10,14-15,18-20H,4-9,11-12H2,1-3H3/b16-10-. The number of nitriles is 1. The van der Waals surface area contributed by atoms with Gasteiger partial charge in [0.2, 0.25) is 0 Å². The van der Waals surface area contributed by atoms with Crippen LogP contribution in [0.3, 0.4) is 0 Å². The Kier molecular flexibility index (Phi) is 3.53. The number of allylic oxidation sites excluding steroid dienone is 4. The zero-order valence-electron chi connectivity index (χ0n) is 15.1. The minimum absolute atomic E-state index is 0.330. The molecule has 0 radical (unpaired) electrons. The van der Waals surface area contributed by atoms with Crippen molar-refractivity contribution in [1.82, 2.24) is 0 Å². The summed E-state index contributed by atoms with van der Waals surface area (Å²) in [6, 6.07) is 2.33. The van der Waals surface area contributed by atoms with Crippen molar-refractivity contribution in [1.29, 1.82) is 5.26 Å². The van der Waals surface area contributed by atoms with Crippen molar-refractivity contribution in [3.05, 3.63) is 23.3 Å². The lowest BCUT2D eigenvalue weighted by Crippen LogP contribution is -2.49. The summed E-state index contributed by atoms with van der Waals surface area (Å²) in [5.41, 5.74) is 4.08. The second-order valence-electron chi connectivity index (χ2n) is 9.33. The van der Waals surface area contributed by atoms with Gasteiger partial charge in [0.25, 0.3) is 0 Å². The van der Waals surface area contributed by atoms with Gasteiger partial charge in [0.1, 0.15) is 0 Å². The minimum Gasteiger partial charge on any atom is -0.193 e. The molecule has 0 aromatic rings. The molecule has 1 heteroatoms. The molecular formula is C22H31N. The highest BCUT2D eigenvalue weighted by molar-refractivity contribution is 5.30. The fourth-order valence-corrected chi connectivity index (χ4v) is 7.06. The predicted molar refractivity (Wildman–Crippen MR) is 94.6 cm³/mol. The molecule has 23 heavy (non-hydrogen) atoms. The summed E-state index contributed by atoms with van der Waals surface area (Å²) in [6.45, 7) is 7.46. The third-order valence-electron chi connectivity index (χ3n) is 8.43. The first kappa shape index (κ1) is 15.5. The second-order valence-corrected chi connectivity index (χ2v) is 9.33. The molecule has 124 valence electrons. The van der Waals surface area contributed by atoms with E-state index in [4.69, 9.17) is 5.26 Å². The molecule has 3 saturated carbocycles. The molecule has 0 aromatic carbocycles. The van der Waals surface area contributed by atoms with Crippen molar-refractivity contribution in [2.75, 3.05) is 0 Å². The van der Waals surface area contributed by atoms with E-state index in [0.717, 1.165) is 23.7 Å². The van der Waals surface area contributed by atoms with Gasteiger partial charge in [0, 0.05) is 6.08 Å². The van der Waals surface area contributed by atoms with E-state index in [1.54, 1.807) is 5.57 Å². The van der Waals surface area contributed by atoms with Gasteiger partial charge in [-0.05, 0) is 85.9 Å². The smallest absolute Gasteiger partial charge is 0.0911 e. The first-order chi connectivity index (χ1) is 11.0. The van der Waals surface area contributed by atoms with Crippen LogP contribution in [0.5, 0.6) is 0 Å². The summed E-state index contributed by atoms with van der Waals surface area (Å²) >= 11 is 0. The molecule has 3 fully saturated rings. The molecule has 0 bridgehead atoms. The molecule has 1 nitrogen and oxygen atoms in total. The van der Waals surface area contributed by atoms with Crippen LogP contribution in [0.25, 0.3) is 0 Å². The number of hydrogen-bond acceptors (Lipinski definition) is 1. The molecule has 0 aromatic heterocycles. The highest BCUT2D eigenvalue weighted by Gasteiger charge is 2.57. The van der Waals surface area contributed by atoms with Crippen molar-refractivity contribution in [3.8, 4) is 6.07 Å². The van der Waals surface area contributed by atoms with Gasteiger partial charge in [-0.15, -0.1) is 0 Å². The van der Waals surface area contributed by atoms with E-state index >= 15 is 0 Å². The van der Waals surface area contributed by atoms with Crippen LogP contribution in [0, 0.1) is 45.8 Å². The van der Waals surface area contributed by atoms with E-state index in [9.17, 15) is 0 Å². The van der Waals surface area contributed by atoms with Crippen molar-refractivity contribution < 1.29 is 0 Å². The minimum atomic E-state index is 0.330. The van der Waals surface area contributed by atoms with Crippen molar-refractivity contribution in [3.63, 3.8) is 0 Å². The Hall–Kier alpha value is -1.03. The topological polar surface area (TPSA) is 23.8 Å². The van der Waals surface area contributed by atoms with Crippen LogP contribution in [0.4, 0.5) is 0 Å². The molecule has 4 aliphatic rings. The van der Waals surface area contributed by atoms with E-state index in [2.05, 4.69) is 32.9 Å². The lowest BCUT2D eigenvalue weighted by atomic mass is 9.47. The third kappa shape index (κ3) is 2.10. The van der Waals surface area contributed by atoms with Crippen molar-refractivity contribution >= 4 is 0 Å². The number of rotatable bonds is 0. The van der Waals surface area contributed by atoms with Crippen LogP contribution in [0.1, 0.15) is 72.1 Å². The lowest BCUT2D eigenvalue weighted by molar-refractivity contribution is -0.0273. The Bertz CT molecular complexity index is 606. The number of fused-ring (bicyclic) bond motifs is 5. The summed E-state index contributed by atoms with van der Waals surface area (Å²) in [6.07, 6.45) is 15.2. The summed E-state index contributed by atoms with van der Waals surface area (Å²) in [5, 5.41) is 9.15. The Balaban J connectivity index is 1.67. The molecule has 6 unspecified atom stereocenters. The summed E-state index contributed by atoms with van der Waals surface area (Å²) < 4.78 is 0. The van der Waals surface area contributed by atoms with E-state index in [0.29, 0.717) is 10.8 Å². The van der Waals surface area contributed by atoms with Crippen LogP contribution >= 0.6 is 0 Å². The van der Waals surface area contributed by atoms with E-state index in [1.807, 2.05) is 6.08 Å². The zero-order valence-corrected chi connectivity index (χ0v) is 15.1. The maximum atomic E-state index is 9.15. The van der Waals surface area contributed by atoms with Gasteiger partial charge in [0.15, 0.2) is 0 Å². The molecular weight excluding hydrogens is 278 g/mol. The Morgan fingerprint density at radius 1 is 1.04 bits per heavy atom. The Morgan fingerprint density at radius 2 is 1.78 bits per heavy atom. The predicted octanol–water partition coefficient (Wildman–Crippen LogP) is 6.04. The highest BCUT2D eigenvalue weighted by Crippen LogP contribution is 2.66. The van der Waals surface area contributed by atoms with E-state index in [1.165, 1.54) is 56.9 Å².